The first-order chi connectivity index (χ1) is 13.5. The second-order valence-electron chi connectivity index (χ2n) is 6.31. The minimum absolute atomic E-state index is 0.147. The molecule has 0 aliphatic carbocycles. The molecule has 0 saturated carbocycles. The summed E-state index contributed by atoms with van der Waals surface area (Å²) in [5.41, 5.74) is 1.11. The summed E-state index contributed by atoms with van der Waals surface area (Å²) >= 11 is 3.35. The molecule has 0 unspecified atom stereocenters. The van der Waals surface area contributed by atoms with Gasteiger partial charge in [0.25, 0.3) is 11.5 Å². The maximum Gasteiger partial charge on any atom is 0.252 e. The fourth-order valence-electron chi connectivity index (χ4n) is 2.90. The average Bonchev–Trinajstić information content (AvgIpc) is 2.69. The van der Waals surface area contributed by atoms with E-state index < -0.39 is 5.56 Å². The number of nitrogens with zero attached hydrogens (tertiary/aromatic N) is 1. The Morgan fingerprint density at radius 3 is 2.50 bits per heavy atom. The summed E-state index contributed by atoms with van der Waals surface area (Å²) in [6, 6.07) is 15.6. The fraction of sp³-hybridized carbons (Fsp3) is 0.190. The number of fused-ring (bicyclic) bond motifs is 1. The first kappa shape index (κ1) is 19.8. The van der Waals surface area contributed by atoms with E-state index in [1.165, 1.54) is 10.6 Å². The lowest BCUT2D eigenvalue weighted by molar-refractivity contribution is -0.116. The van der Waals surface area contributed by atoms with E-state index in [1.54, 1.807) is 36.4 Å². The Bertz CT molecular complexity index is 1070. The summed E-state index contributed by atoms with van der Waals surface area (Å²) in [5.74, 6) is -0.612. The summed E-state index contributed by atoms with van der Waals surface area (Å²) < 4.78 is 2.28. The van der Waals surface area contributed by atoms with Gasteiger partial charge in [0.2, 0.25) is 5.91 Å². The molecule has 0 bridgehead atoms. The van der Waals surface area contributed by atoms with E-state index >= 15 is 0 Å². The Labute approximate surface area is 170 Å². The maximum atomic E-state index is 12.7. The number of aromatic nitrogens is 1. The molecule has 0 aliphatic heterocycles. The molecule has 0 atom stereocenters. The molecule has 28 heavy (non-hydrogen) atoms. The van der Waals surface area contributed by atoms with Crippen molar-refractivity contribution in [2.45, 2.75) is 19.9 Å². The molecule has 7 heteroatoms. The Morgan fingerprint density at radius 1 is 1.07 bits per heavy atom. The van der Waals surface area contributed by atoms with E-state index in [9.17, 15) is 14.4 Å². The largest absolute Gasteiger partial charge is 0.352 e. The van der Waals surface area contributed by atoms with Crippen LogP contribution in [0.15, 0.2) is 63.9 Å². The second kappa shape index (κ2) is 8.84. The van der Waals surface area contributed by atoms with Crippen molar-refractivity contribution < 1.29 is 9.59 Å². The van der Waals surface area contributed by atoms with Gasteiger partial charge < -0.3 is 10.6 Å². The lowest BCUT2D eigenvalue weighted by Gasteiger charge is -2.13. The molecule has 1 aromatic heterocycles. The number of halogens is 1. The molecule has 0 fully saturated rings. The molecule has 0 spiro atoms. The molecule has 6 nitrogen and oxygen atoms in total. The van der Waals surface area contributed by atoms with Crippen molar-refractivity contribution in [3.8, 4) is 0 Å². The molecular formula is C21H20BrN3O3. The minimum atomic E-state index is -0.397. The SMILES string of the molecule is CCCNC(=O)c1cc(=O)n(CC(=O)Nc2ccc(Br)cc2)c2ccccc12. The van der Waals surface area contributed by atoms with E-state index in [2.05, 4.69) is 26.6 Å². The zero-order valence-corrected chi connectivity index (χ0v) is 17.0. The second-order valence-corrected chi connectivity index (χ2v) is 7.23. The predicted octanol–water partition coefficient (Wildman–Crippen LogP) is 3.54. The molecule has 0 radical (unpaired) electrons. The number of benzene rings is 2. The number of amides is 2. The van der Waals surface area contributed by atoms with Crippen LogP contribution >= 0.6 is 15.9 Å². The molecule has 144 valence electrons. The van der Waals surface area contributed by atoms with E-state index in [-0.39, 0.29) is 18.4 Å². The molecule has 1 heterocycles. The number of nitrogens with one attached hydrogen (secondary N) is 2. The van der Waals surface area contributed by atoms with Crippen LogP contribution in [0, 0.1) is 0 Å². The third kappa shape index (κ3) is 4.48. The number of hydrogen-bond acceptors (Lipinski definition) is 3. The first-order valence-corrected chi connectivity index (χ1v) is 9.75. The van der Waals surface area contributed by atoms with Gasteiger partial charge in [-0.15, -0.1) is 0 Å². The van der Waals surface area contributed by atoms with Crippen molar-refractivity contribution in [3.63, 3.8) is 0 Å². The van der Waals surface area contributed by atoms with Crippen LogP contribution in [0.1, 0.15) is 23.7 Å². The number of carbonyl (C=O) groups excluding carboxylic acids is 2. The lowest BCUT2D eigenvalue weighted by Crippen LogP contribution is -2.31. The zero-order valence-electron chi connectivity index (χ0n) is 15.4. The van der Waals surface area contributed by atoms with Crippen molar-refractivity contribution in [3.05, 3.63) is 75.0 Å². The van der Waals surface area contributed by atoms with Gasteiger partial charge >= 0.3 is 0 Å². The fourth-order valence-corrected chi connectivity index (χ4v) is 3.16. The van der Waals surface area contributed by atoms with Crippen LogP contribution in [0.4, 0.5) is 5.69 Å². The summed E-state index contributed by atoms with van der Waals surface area (Å²) in [6.07, 6.45) is 0.803. The molecule has 0 saturated heterocycles. The number of carbonyl (C=O) groups is 2. The van der Waals surface area contributed by atoms with E-state index in [4.69, 9.17) is 0 Å². The van der Waals surface area contributed by atoms with Crippen molar-refractivity contribution in [2.75, 3.05) is 11.9 Å². The smallest absolute Gasteiger partial charge is 0.252 e. The molecule has 3 rings (SSSR count). The molecular weight excluding hydrogens is 422 g/mol. The van der Waals surface area contributed by atoms with Crippen LogP contribution in [0.2, 0.25) is 0 Å². The van der Waals surface area contributed by atoms with Gasteiger partial charge in [0.15, 0.2) is 0 Å². The van der Waals surface area contributed by atoms with Crippen LogP contribution in [0.3, 0.4) is 0 Å². The van der Waals surface area contributed by atoms with Crippen LogP contribution < -0.4 is 16.2 Å². The number of hydrogen-bond donors (Lipinski definition) is 2. The summed E-state index contributed by atoms with van der Waals surface area (Å²) in [4.78, 5) is 37.6. The van der Waals surface area contributed by atoms with Gasteiger partial charge in [0.05, 0.1) is 11.1 Å². The van der Waals surface area contributed by atoms with Gasteiger partial charge in [-0.05, 0) is 36.8 Å². The average molecular weight is 442 g/mol. The topological polar surface area (TPSA) is 80.2 Å². The van der Waals surface area contributed by atoms with Gasteiger partial charge in [-0.2, -0.15) is 0 Å². The maximum absolute atomic E-state index is 12.7. The van der Waals surface area contributed by atoms with E-state index in [0.717, 1.165) is 10.9 Å². The van der Waals surface area contributed by atoms with Crippen LogP contribution in [-0.2, 0) is 11.3 Å². The highest BCUT2D eigenvalue weighted by atomic mass is 79.9. The number of para-hydroxylation sites is 1. The third-order valence-electron chi connectivity index (χ3n) is 4.23. The van der Waals surface area contributed by atoms with E-state index in [1.807, 2.05) is 19.1 Å². The molecule has 2 amide bonds. The normalized spacial score (nSPS) is 10.6. The van der Waals surface area contributed by atoms with Gasteiger partial charge in [-0.1, -0.05) is 41.1 Å². The molecule has 2 aromatic carbocycles. The highest BCUT2D eigenvalue weighted by molar-refractivity contribution is 9.10. The number of pyridine rings is 1. The highest BCUT2D eigenvalue weighted by Crippen LogP contribution is 2.18. The first-order valence-electron chi connectivity index (χ1n) is 8.96. The lowest BCUT2D eigenvalue weighted by atomic mass is 10.1. The molecule has 2 N–H and O–H groups in total. The molecule has 3 aromatic rings. The number of anilines is 1. The zero-order chi connectivity index (χ0) is 20.1. The Hall–Kier alpha value is -2.93. The highest BCUT2D eigenvalue weighted by Gasteiger charge is 2.16. The van der Waals surface area contributed by atoms with Crippen molar-refractivity contribution in [1.82, 2.24) is 9.88 Å². The van der Waals surface area contributed by atoms with Gasteiger partial charge in [-0.25, -0.2) is 0 Å². The van der Waals surface area contributed by atoms with Crippen LogP contribution in [0.5, 0.6) is 0 Å². The minimum Gasteiger partial charge on any atom is -0.352 e. The quantitative estimate of drug-likeness (QED) is 0.613. The third-order valence-corrected chi connectivity index (χ3v) is 4.76. The van der Waals surface area contributed by atoms with Gasteiger partial charge in [0, 0.05) is 28.2 Å². The Morgan fingerprint density at radius 2 is 1.79 bits per heavy atom. The van der Waals surface area contributed by atoms with Crippen LogP contribution in [-0.4, -0.2) is 22.9 Å². The standard InChI is InChI=1S/C21H20BrN3O3/c1-2-11-23-21(28)17-12-20(27)25(18-6-4-3-5-16(17)18)13-19(26)24-15-9-7-14(22)8-10-15/h3-10,12H,2,11,13H2,1H3,(H,23,28)(H,24,26). The van der Waals surface area contributed by atoms with Crippen molar-refractivity contribution in [2.24, 2.45) is 0 Å². The van der Waals surface area contributed by atoms with E-state index in [0.29, 0.717) is 28.7 Å². The molecule has 0 aliphatic rings. The van der Waals surface area contributed by atoms with Gasteiger partial charge in [0.1, 0.15) is 6.54 Å². The van der Waals surface area contributed by atoms with Crippen LogP contribution in [0.25, 0.3) is 10.9 Å². The number of rotatable bonds is 6. The summed E-state index contributed by atoms with van der Waals surface area (Å²) in [5, 5.41) is 6.20. The monoisotopic (exact) mass is 441 g/mol. The van der Waals surface area contributed by atoms with Gasteiger partial charge in [-0.3, -0.25) is 19.0 Å². The predicted molar refractivity (Wildman–Crippen MR) is 114 cm³/mol. The summed E-state index contributed by atoms with van der Waals surface area (Å²) in [7, 11) is 0. The van der Waals surface area contributed by atoms with Crippen molar-refractivity contribution >= 4 is 44.3 Å². The Kier molecular flexibility index (Phi) is 6.26. The summed E-state index contributed by atoms with van der Waals surface area (Å²) in [6.45, 7) is 2.35. The van der Waals surface area contributed by atoms with Crippen molar-refractivity contribution in [1.29, 1.82) is 0 Å². The Balaban J connectivity index is 1.92.